The number of rotatable bonds is 7. The smallest absolute Gasteiger partial charge is 0.251 e. The summed E-state index contributed by atoms with van der Waals surface area (Å²) in [4.78, 5) is 26.6. The molecule has 1 aromatic heterocycles. The highest BCUT2D eigenvalue weighted by Gasteiger charge is 2.30. The number of halogens is 2. The molecule has 3 heterocycles. The number of carbonyl (C=O) groups is 1. The van der Waals surface area contributed by atoms with Crippen molar-refractivity contribution in [2.45, 2.75) is 25.3 Å². The molecule has 2 fully saturated rings. The van der Waals surface area contributed by atoms with Crippen molar-refractivity contribution in [2.75, 3.05) is 55.8 Å². The first-order valence-electron chi connectivity index (χ1n) is 12.3. The van der Waals surface area contributed by atoms with E-state index in [9.17, 15) is 13.6 Å². The number of nitrogens with one attached hydrogen (secondary N) is 1. The van der Waals surface area contributed by atoms with Crippen molar-refractivity contribution in [1.29, 1.82) is 0 Å². The van der Waals surface area contributed by atoms with Gasteiger partial charge in [-0.05, 0) is 43.5 Å². The lowest BCUT2D eigenvalue weighted by molar-refractivity contribution is 0.0951. The molecule has 2 N–H and O–H groups in total. The molecule has 36 heavy (non-hydrogen) atoms. The van der Waals surface area contributed by atoms with Gasteiger partial charge < -0.3 is 25.0 Å². The van der Waals surface area contributed by atoms with E-state index in [1.54, 1.807) is 12.3 Å². The summed E-state index contributed by atoms with van der Waals surface area (Å²) >= 11 is 0. The zero-order chi connectivity index (χ0) is 25.1. The number of amides is 1. The number of benzene rings is 2. The van der Waals surface area contributed by atoms with Crippen LogP contribution in [-0.2, 0) is 4.74 Å². The predicted octanol–water partition coefficient (Wildman–Crippen LogP) is 3.20. The van der Waals surface area contributed by atoms with Crippen molar-refractivity contribution in [1.82, 2.24) is 15.3 Å². The monoisotopic (exact) mass is 497 g/mol. The van der Waals surface area contributed by atoms with E-state index in [1.165, 1.54) is 12.1 Å². The Kier molecular flexibility index (Phi) is 7.24. The van der Waals surface area contributed by atoms with Gasteiger partial charge in [0, 0.05) is 55.7 Å². The number of hydrogen-bond acceptors (Lipinski definition) is 7. The zero-order valence-electron chi connectivity index (χ0n) is 19.9. The summed E-state index contributed by atoms with van der Waals surface area (Å²) in [7, 11) is 0. The van der Waals surface area contributed by atoms with E-state index >= 15 is 0 Å². The van der Waals surface area contributed by atoms with Gasteiger partial charge in [0.1, 0.15) is 17.5 Å². The molecule has 2 aromatic carbocycles. The van der Waals surface area contributed by atoms with E-state index in [2.05, 4.69) is 15.2 Å². The number of nitrogens with zero attached hydrogens (tertiary/aromatic N) is 4. The molecule has 0 aliphatic carbocycles. The molecule has 1 atom stereocenters. The summed E-state index contributed by atoms with van der Waals surface area (Å²) in [6.45, 7) is 3.60. The Hall–Kier alpha value is -3.37. The molecule has 8 nitrogen and oxygen atoms in total. The van der Waals surface area contributed by atoms with Gasteiger partial charge in [-0.2, -0.15) is 0 Å². The van der Waals surface area contributed by atoms with Gasteiger partial charge in [-0.3, -0.25) is 9.78 Å². The fourth-order valence-electron chi connectivity index (χ4n) is 4.95. The average Bonchev–Trinajstić information content (AvgIpc) is 3.38. The second-order valence-electron chi connectivity index (χ2n) is 9.07. The van der Waals surface area contributed by atoms with Crippen LogP contribution in [0.5, 0.6) is 0 Å². The Morgan fingerprint density at radius 3 is 2.64 bits per heavy atom. The Morgan fingerprint density at radius 1 is 1.11 bits per heavy atom. The lowest BCUT2D eigenvalue weighted by Gasteiger charge is -2.30. The highest BCUT2D eigenvalue weighted by molar-refractivity contribution is 5.98. The predicted molar refractivity (Wildman–Crippen MR) is 132 cm³/mol. The zero-order valence-corrected chi connectivity index (χ0v) is 19.9. The van der Waals surface area contributed by atoms with Gasteiger partial charge in [0.05, 0.1) is 36.5 Å². The van der Waals surface area contributed by atoms with Crippen LogP contribution in [0.1, 0.15) is 41.2 Å². The molecule has 2 aliphatic heterocycles. The van der Waals surface area contributed by atoms with Crippen LogP contribution < -0.4 is 15.1 Å². The van der Waals surface area contributed by atoms with Gasteiger partial charge in [-0.1, -0.05) is 0 Å². The molecule has 10 heteroatoms. The number of hydrogen-bond donors (Lipinski definition) is 2. The minimum atomic E-state index is -0.632. The summed E-state index contributed by atoms with van der Waals surface area (Å²) in [5.74, 6) is -0.806. The van der Waals surface area contributed by atoms with Crippen LogP contribution in [0.4, 0.5) is 20.3 Å². The third-order valence-electron chi connectivity index (χ3n) is 6.67. The van der Waals surface area contributed by atoms with E-state index in [4.69, 9.17) is 14.8 Å². The van der Waals surface area contributed by atoms with Crippen molar-refractivity contribution in [3.8, 4) is 0 Å². The van der Waals surface area contributed by atoms with Crippen molar-refractivity contribution in [2.24, 2.45) is 0 Å². The summed E-state index contributed by atoms with van der Waals surface area (Å²) in [6.07, 6.45) is 3.73. The van der Waals surface area contributed by atoms with Crippen molar-refractivity contribution in [3.63, 3.8) is 0 Å². The summed E-state index contributed by atoms with van der Waals surface area (Å²) in [5.41, 5.74) is 2.93. The maximum absolute atomic E-state index is 14.1. The molecule has 1 amide bonds. The molecule has 5 rings (SSSR count). The molecule has 0 bridgehead atoms. The molecule has 0 spiro atoms. The first kappa shape index (κ1) is 24.3. The Morgan fingerprint density at radius 2 is 1.89 bits per heavy atom. The van der Waals surface area contributed by atoms with Crippen LogP contribution in [0.15, 0.2) is 36.5 Å². The number of anilines is 2. The number of ether oxygens (including phenoxy) is 1. The fourth-order valence-corrected chi connectivity index (χ4v) is 4.95. The highest BCUT2D eigenvalue weighted by Crippen LogP contribution is 2.39. The minimum Gasteiger partial charge on any atom is -0.396 e. The molecule has 3 aromatic rings. The lowest BCUT2D eigenvalue weighted by Crippen LogP contribution is -2.36. The van der Waals surface area contributed by atoms with Crippen LogP contribution in [-0.4, -0.2) is 67.0 Å². The van der Waals surface area contributed by atoms with Gasteiger partial charge in [-0.15, -0.1) is 0 Å². The summed E-state index contributed by atoms with van der Waals surface area (Å²) in [5, 5.41) is 11.9. The quantitative estimate of drug-likeness (QED) is 0.485. The highest BCUT2D eigenvalue weighted by atomic mass is 19.1. The standard InChI is InChI=1S/C26H29F2N5O3/c27-18-13-19(28)15-20(14-18)33-5-1-3-23(33)21-11-17(26(35)29-4-2-8-34)12-22-25(21)31-24(16-30-22)32-6-9-36-10-7-32/h11-16,23,34H,1-10H2,(H,29,35). The third kappa shape index (κ3) is 5.10. The van der Waals surface area contributed by atoms with Gasteiger partial charge in [0.2, 0.25) is 0 Å². The summed E-state index contributed by atoms with van der Waals surface area (Å²) in [6, 6.07) is 6.83. The normalized spacial score (nSPS) is 18.1. The molecule has 0 radical (unpaired) electrons. The minimum absolute atomic E-state index is 0.0136. The molecule has 1 unspecified atom stereocenters. The van der Waals surface area contributed by atoms with Crippen molar-refractivity contribution < 1.29 is 23.4 Å². The number of aliphatic hydroxyl groups is 1. The third-order valence-corrected chi connectivity index (χ3v) is 6.67. The molecule has 2 saturated heterocycles. The number of aromatic nitrogens is 2. The molecular formula is C26H29F2N5O3. The van der Waals surface area contributed by atoms with Crippen LogP contribution in [0.2, 0.25) is 0 Å². The van der Waals surface area contributed by atoms with Crippen molar-refractivity contribution in [3.05, 3.63) is 59.3 Å². The number of aliphatic hydroxyl groups excluding tert-OH is 1. The lowest BCUT2D eigenvalue weighted by atomic mass is 9.98. The van der Waals surface area contributed by atoms with Crippen LogP contribution in [0.3, 0.4) is 0 Å². The summed E-state index contributed by atoms with van der Waals surface area (Å²) < 4.78 is 33.6. The van der Waals surface area contributed by atoms with Gasteiger partial charge in [0.15, 0.2) is 0 Å². The van der Waals surface area contributed by atoms with Gasteiger partial charge in [0.25, 0.3) is 5.91 Å². The second-order valence-corrected chi connectivity index (χ2v) is 9.07. The maximum Gasteiger partial charge on any atom is 0.251 e. The fraction of sp³-hybridized carbons (Fsp3) is 0.423. The molecular weight excluding hydrogens is 468 g/mol. The largest absolute Gasteiger partial charge is 0.396 e. The molecule has 190 valence electrons. The van der Waals surface area contributed by atoms with E-state index in [0.29, 0.717) is 68.1 Å². The van der Waals surface area contributed by atoms with Crippen molar-refractivity contribution >= 4 is 28.4 Å². The van der Waals surface area contributed by atoms with Crippen LogP contribution in [0, 0.1) is 11.6 Å². The first-order valence-corrected chi connectivity index (χ1v) is 12.3. The Balaban J connectivity index is 1.59. The average molecular weight is 498 g/mol. The molecule has 0 saturated carbocycles. The van der Waals surface area contributed by atoms with Gasteiger partial charge in [-0.25, -0.2) is 13.8 Å². The van der Waals surface area contributed by atoms with Gasteiger partial charge >= 0.3 is 0 Å². The number of fused-ring (bicyclic) bond motifs is 1. The van der Waals surface area contributed by atoms with E-state index < -0.39 is 11.6 Å². The topological polar surface area (TPSA) is 90.8 Å². The molecule has 2 aliphatic rings. The number of carbonyl (C=O) groups excluding carboxylic acids is 1. The Bertz CT molecular complexity index is 1230. The first-order chi connectivity index (χ1) is 17.5. The maximum atomic E-state index is 14.1. The SMILES string of the molecule is O=C(NCCCO)c1cc(C2CCCN2c2cc(F)cc(F)c2)c2nc(N3CCOCC3)cnc2c1. The number of morpholine rings is 1. The second kappa shape index (κ2) is 10.7. The van der Waals surface area contributed by atoms with E-state index in [0.717, 1.165) is 30.3 Å². The van der Waals surface area contributed by atoms with E-state index in [-0.39, 0.29) is 18.6 Å². The van der Waals surface area contributed by atoms with Crippen LogP contribution >= 0.6 is 0 Å². The van der Waals surface area contributed by atoms with E-state index in [1.807, 2.05) is 11.0 Å². The van der Waals surface area contributed by atoms with Crippen LogP contribution in [0.25, 0.3) is 11.0 Å². The Labute approximate surface area is 207 Å².